The summed E-state index contributed by atoms with van der Waals surface area (Å²) in [6.45, 7) is 2.97. The molecule has 0 bridgehead atoms. The molecule has 0 saturated carbocycles. The third-order valence-corrected chi connectivity index (χ3v) is 4.37. The number of halogens is 2. The van der Waals surface area contributed by atoms with Crippen LogP contribution in [0.25, 0.3) is 0 Å². The Bertz CT molecular complexity index is 413. The zero-order valence-corrected chi connectivity index (χ0v) is 12.3. The minimum atomic E-state index is -0.211. The monoisotopic (exact) mass is 315 g/mol. The molecule has 1 aliphatic rings. The number of rotatable bonds is 4. The van der Waals surface area contributed by atoms with Gasteiger partial charge in [0.2, 0.25) is 0 Å². The summed E-state index contributed by atoms with van der Waals surface area (Å²) < 4.78 is 19.4. The highest BCUT2D eigenvalue weighted by Crippen LogP contribution is 2.26. The van der Waals surface area contributed by atoms with Crippen molar-refractivity contribution in [2.75, 3.05) is 13.7 Å². The molecule has 1 aliphatic heterocycles. The molecule has 1 N–H and O–H groups in total. The van der Waals surface area contributed by atoms with Crippen LogP contribution in [0, 0.1) is 11.7 Å². The van der Waals surface area contributed by atoms with Crippen molar-refractivity contribution in [2.24, 2.45) is 5.92 Å². The predicted molar refractivity (Wildman–Crippen MR) is 74.2 cm³/mol. The van der Waals surface area contributed by atoms with Gasteiger partial charge in [-0.25, -0.2) is 4.39 Å². The summed E-state index contributed by atoms with van der Waals surface area (Å²) in [5, 5.41) is 3.37. The Hall–Kier alpha value is -0.450. The molecule has 2 nitrogen and oxygen atoms in total. The summed E-state index contributed by atoms with van der Waals surface area (Å²) in [5.74, 6) is 0.316. The van der Waals surface area contributed by atoms with E-state index >= 15 is 0 Å². The molecule has 2 rings (SSSR count). The van der Waals surface area contributed by atoms with Gasteiger partial charge in [0.15, 0.2) is 0 Å². The van der Waals surface area contributed by atoms with Crippen molar-refractivity contribution in [3.8, 4) is 0 Å². The molecule has 1 aromatic rings. The van der Waals surface area contributed by atoms with Gasteiger partial charge in [-0.1, -0.05) is 6.07 Å². The first-order valence-electron chi connectivity index (χ1n) is 6.34. The maximum atomic E-state index is 13.2. The Morgan fingerprint density at radius 2 is 2.33 bits per heavy atom. The Morgan fingerprint density at radius 1 is 1.56 bits per heavy atom. The van der Waals surface area contributed by atoms with E-state index in [-0.39, 0.29) is 5.82 Å². The van der Waals surface area contributed by atoms with Crippen LogP contribution in [0.1, 0.15) is 18.9 Å². The molecule has 4 heteroatoms. The molecule has 0 spiro atoms. The highest BCUT2D eigenvalue weighted by atomic mass is 79.9. The molecule has 18 heavy (non-hydrogen) atoms. The topological polar surface area (TPSA) is 21.3 Å². The number of benzene rings is 1. The molecule has 1 fully saturated rings. The molecule has 0 aliphatic carbocycles. The summed E-state index contributed by atoms with van der Waals surface area (Å²) in [4.78, 5) is 0. The van der Waals surface area contributed by atoms with Gasteiger partial charge in [0.25, 0.3) is 0 Å². The normalized spacial score (nSPS) is 25.3. The first-order chi connectivity index (χ1) is 8.61. The maximum Gasteiger partial charge on any atom is 0.137 e. The molecule has 1 aromatic carbocycles. The molecule has 3 atom stereocenters. The zero-order chi connectivity index (χ0) is 13.1. The van der Waals surface area contributed by atoms with Crippen molar-refractivity contribution in [1.82, 2.24) is 5.32 Å². The quantitative estimate of drug-likeness (QED) is 0.921. The Morgan fingerprint density at radius 3 is 2.89 bits per heavy atom. The number of nitrogens with one attached hydrogen (secondary N) is 1. The SMILES string of the molecule is CNC(Cc1ccc(F)c(Br)c1)C1CCOC1C. The van der Waals surface area contributed by atoms with Crippen molar-refractivity contribution < 1.29 is 9.13 Å². The van der Waals surface area contributed by atoms with E-state index in [0.29, 0.717) is 22.5 Å². The Balaban J connectivity index is 2.07. The van der Waals surface area contributed by atoms with Crippen molar-refractivity contribution in [3.05, 3.63) is 34.1 Å². The molecule has 1 heterocycles. The van der Waals surface area contributed by atoms with Crippen LogP contribution in [0.3, 0.4) is 0 Å². The van der Waals surface area contributed by atoms with E-state index in [1.807, 2.05) is 19.2 Å². The number of hydrogen-bond donors (Lipinski definition) is 1. The van der Waals surface area contributed by atoms with Crippen LogP contribution in [0.4, 0.5) is 4.39 Å². The van der Waals surface area contributed by atoms with Gasteiger partial charge in [-0.2, -0.15) is 0 Å². The van der Waals surface area contributed by atoms with Gasteiger partial charge in [0.05, 0.1) is 10.6 Å². The van der Waals surface area contributed by atoms with Gasteiger partial charge in [-0.05, 0) is 60.4 Å². The van der Waals surface area contributed by atoms with Crippen LogP contribution in [-0.4, -0.2) is 25.8 Å². The lowest BCUT2D eigenvalue weighted by molar-refractivity contribution is 0.0963. The Kier molecular flexibility index (Phi) is 4.76. The first-order valence-corrected chi connectivity index (χ1v) is 7.14. The van der Waals surface area contributed by atoms with E-state index in [4.69, 9.17) is 4.74 Å². The number of hydrogen-bond acceptors (Lipinski definition) is 2. The second-order valence-electron chi connectivity index (χ2n) is 4.88. The average Bonchev–Trinajstić information content (AvgIpc) is 2.77. The molecule has 1 saturated heterocycles. The van der Waals surface area contributed by atoms with E-state index in [1.165, 1.54) is 6.07 Å². The first kappa shape index (κ1) is 14.0. The van der Waals surface area contributed by atoms with Crippen LogP contribution in [0.5, 0.6) is 0 Å². The van der Waals surface area contributed by atoms with Crippen molar-refractivity contribution >= 4 is 15.9 Å². The van der Waals surface area contributed by atoms with E-state index in [9.17, 15) is 4.39 Å². The van der Waals surface area contributed by atoms with Gasteiger partial charge in [0.1, 0.15) is 5.82 Å². The predicted octanol–water partition coefficient (Wildman–Crippen LogP) is 3.14. The van der Waals surface area contributed by atoms with E-state index in [2.05, 4.69) is 28.2 Å². The molecule has 3 unspecified atom stereocenters. The molecular formula is C14H19BrFNO. The van der Waals surface area contributed by atoms with Crippen molar-refractivity contribution in [2.45, 2.75) is 31.9 Å². The zero-order valence-electron chi connectivity index (χ0n) is 10.7. The van der Waals surface area contributed by atoms with Gasteiger partial charge < -0.3 is 10.1 Å². The van der Waals surface area contributed by atoms with Gasteiger partial charge in [0, 0.05) is 18.6 Å². The molecule has 100 valence electrons. The highest BCUT2D eigenvalue weighted by molar-refractivity contribution is 9.10. The standard InChI is InChI=1S/C14H19BrFNO/c1-9-11(5-6-18-9)14(17-2)8-10-3-4-13(16)12(15)7-10/h3-4,7,9,11,14,17H,5-6,8H2,1-2H3. The third kappa shape index (κ3) is 3.11. The largest absolute Gasteiger partial charge is 0.378 e. The Labute approximate surface area is 116 Å². The summed E-state index contributed by atoms with van der Waals surface area (Å²) >= 11 is 3.23. The number of likely N-dealkylation sites (N-methyl/N-ethyl adjacent to an activating group) is 1. The molecule has 0 aromatic heterocycles. The van der Waals surface area contributed by atoms with Gasteiger partial charge >= 0.3 is 0 Å². The number of ether oxygens (including phenoxy) is 1. The minimum absolute atomic E-state index is 0.211. The van der Waals surface area contributed by atoms with E-state index < -0.39 is 0 Å². The van der Waals surface area contributed by atoms with Crippen molar-refractivity contribution in [3.63, 3.8) is 0 Å². The highest BCUT2D eigenvalue weighted by Gasteiger charge is 2.30. The molecular weight excluding hydrogens is 297 g/mol. The molecule has 0 radical (unpaired) electrons. The summed E-state index contributed by atoms with van der Waals surface area (Å²) in [6.07, 6.45) is 2.29. The fraction of sp³-hybridized carbons (Fsp3) is 0.571. The third-order valence-electron chi connectivity index (χ3n) is 3.76. The van der Waals surface area contributed by atoms with Crippen LogP contribution in [0.15, 0.2) is 22.7 Å². The smallest absolute Gasteiger partial charge is 0.137 e. The van der Waals surface area contributed by atoms with Gasteiger partial charge in [-0.3, -0.25) is 0 Å². The lowest BCUT2D eigenvalue weighted by Crippen LogP contribution is -2.38. The van der Waals surface area contributed by atoms with Crippen LogP contribution < -0.4 is 5.32 Å². The fourth-order valence-corrected chi connectivity index (χ4v) is 3.09. The van der Waals surface area contributed by atoms with E-state index in [0.717, 1.165) is 25.0 Å². The van der Waals surface area contributed by atoms with Gasteiger partial charge in [-0.15, -0.1) is 0 Å². The van der Waals surface area contributed by atoms with Crippen LogP contribution in [-0.2, 0) is 11.2 Å². The minimum Gasteiger partial charge on any atom is -0.378 e. The molecule has 0 amide bonds. The van der Waals surface area contributed by atoms with Crippen molar-refractivity contribution in [1.29, 1.82) is 0 Å². The van der Waals surface area contributed by atoms with Crippen LogP contribution in [0.2, 0.25) is 0 Å². The summed E-state index contributed by atoms with van der Waals surface area (Å²) in [7, 11) is 1.98. The second-order valence-corrected chi connectivity index (χ2v) is 5.73. The van der Waals surface area contributed by atoms with E-state index in [1.54, 1.807) is 0 Å². The average molecular weight is 316 g/mol. The maximum absolute atomic E-state index is 13.2. The lowest BCUT2D eigenvalue weighted by atomic mass is 9.89. The van der Waals surface area contributed by atoms with Crippen LogP contribution >= 0.6 is 15.9 Å². The summed E-state index contributed by atoms with van der Waals surface area (Å²) in [5.41, 5.74) is 1.14. The summed E-state index contributed by atoms with van der Waals surface area (Å²) in [6, 6.07) is 5.60. The lowest BCUT2D eigenvalue weighted by Gasteiger charge is -2.25. The second kappa shape index (κ2) is 6.13. The fourth-order valence-electron chi connectivity index (χ4n) is 2.66.